The lowest BCUT2D eigenvalue weighted by molar-refractivity contribution is 0.121. The van der Waals surface area contributed by atoms with Gasteiger partial charge in [-0.05, 0) is 36.5 Å². The number of nitriles is 1. The molecule has 0 unspecified atom stereocenters. The third-order valence-electron chi connectivity index (χ3n) is 4.57. The fraction of sp³-hybridized carbons (Fsp3) is 0.938. The van der Waals surface area contributed by atoms with Crippen molar-refractivity contribution in [2.75, 3.05) is 19.7 Å². The van der Waals surface area contributed by atoms with Gasteiger partial charge in [-0.1, -0.05) is 33.1 Å². The van der Waals surface area contributed by atoms with Crippen molar-refractivity contribution in [3.05, 3.63) is 0 Å². The van der Waals surface area contributed by atoms with Gasteiger partial charge in [0.25, 0.3) is 0 Å². The topological polar surface area (TPSA) is 56.0 Å². The quantitative estimate of drug-likeness (QED) is 0.709. The van der Waals surface area contributed by atoms with Gasteiger partial charge in [0.05, 0.1) is 6.07 Å². The van der Waals surface area contributed by atoms with Crippen LogP contribution in [0.1, 0.15) is 65.2 Å². The molecule has 2 N–H and O–H groups in total. The largest absolute Gasteiger partial charge is 0.396 e. The molecule has 0 aliphatic heterocycles. The molecule has 0 saturated heterocycles. The van der Waals surface area contributed by atoms with Crippen molar-refractivity contribution >= 4 is 0 Å². The monoisotopic (exact) mass is 266 g/mol. The van der Waals surface area contributed by atoms with Gasteiger partial charge in [0, 0.05) is 26.1 Å². The number of rotatable bonds is 8. The Morgan fingerprint density at radius 2 is 1.95 bits per heavy atom. The number of aliphatic hydroxyl groups excluding tert-OH is 1. The predicted molar refractivity (Wildman–Crippen MR) is 78.7 cm³/mol. The van der Waals surface area contributed by atoms with E-state index in [0.29, 0.717) is 18.4 Å². The minimum Gasteiger partial charge on any atom is -0.396 e. The van der Waals surface area contributed by atoms with Crippen LogP contribution in [0.3, 0.4) is 0 Å². The van der Waals surface area contributed by atoms with Crippen LogP contribution >= 0.6 is 0 Å². The lowest BCUT2D eigenvalue weighted by Crippen LogP contribution is -2.40. The van der Waals surface area contributed by atoms with Crippen molar-refractivity contribution in [2.45, 2.75) is 65.2 Å². The lowest BCUT2D eigenvalue weighted by atomic mass is 9.71. The molecule has 3 nitrogen and oxygen atoms in total. The van der Waals surface area contributed by atoms with Crippen LogP contribution < -0.4 is 5.32 Å². The molecule has 110 valence electrons. The van der Waals surface area contributed by atoms with Gasteiger partial charge in [-0.15, -0.1) is 0 Å². The fourth-order valence-electron chi connectivity index (χ4n) is 3.20. The summed E-state index contributed by atoms with van der Waals surface area (Å²) in [6.45, 7) is 6.72. The Kier molecular flexibility index (Phi) is 6.82. The zero-order valence-electron chi connectivity index (χ0n) is 12.7. The molecule has 0 amide bonds. The summed E-state index contributed by atoms with van der Waals surface area (Å²) >= 11 is 0. The normalized spacial score (nSPS) is 19.1. The highest BCUT2D eigenvalue weighted by atomic mass is 16.3. The summed E-state index contributed by atoms with van der Waals surface area (Å²) in [5.74, 6) is 0. The van der Waals surface area contributed by atoms with Crippen molar-refractivity contribution in [3.63, 3.8) is 0 Å². The van der Waals surface area contributed by atoms with Gasteiger partial charge in [0.1, 0.15) is 0 Å². The van der Waals surface area contributed by atoms with E-state index in [2.05, 4.69) is 25.2 Å². The van der Waals surface area contributed by atoms with Gasteiger partial charge in [0.2, 0.25) is 0 Å². The molecule has 0 spiro atoms. The van der Waals surface area contributed by atoms with Crippen LogP contribution in [0.4, 0.5) is 0 Å². The molecule has 3 heteroatoms. The van der Waals surface area contributed by atoms with Crippen molar-refractivity contribution in [1.82, 2.24) is 5.32 Å². The van der Waals surface area contributed by atoms with Crippen molar-refractivity contribution in [2.24, 2.45) is 10.8 Å². The Morgan fingerprint density at radius 3 is 2.53 bits per heavy atom. The van der Waals surface area contributed by atoms with E-state index in [-0.39, 0.29) is 5.41 Å². The molecule has 1 aliphatic carbocycles. The van der Waals surface area contributed by atoms with Gasteiger partial charge in [-0.25, -0.2) is 0 Å². The predicted octanol–water partition coefficient (Wildman–Crippen LogP) is 3.24. The molecule has 1 saturated carbocycles. The average Bonchev–Trinajstić information content (AvgIpc) is 2.38. The van der Waals surface area contributed by atoms with Crippen LogP contribution in [0.25, 0.3) is 0 Å². The summed E-state index contributed by atoms with van der Waals surface area (Å²) in [5, 5.41) is 21.6. The number of aliphatic hydroxyl groups is 1. The SMILES string of the molecule is CC(C)(CCC#N)CNCC1(CCO)CCCCC1. The molecule has 0 heterocycles. The highest BCUT2D eigenvalue weighted by molar-refractivity contribution is 4.86. The summed E-state index contributed by atoms with van der Waals surface area (Å²) in [7, 11) is 0. The molecule has 19 heavy (non-hydrogen) atoms. The molecule has 0 aromatic carbocycles. The highest BCUT2D eigenvalue weighted by Crippen LogP contribution is 2.38. The zero-order chi connectivity index (χ0) is 14.2. The first-order chi connectivity index (χ1) is 9.04. The fourth-order valence-corrected chi connectivity index (χ4v) is 3.20. The van der Waals surface area contributed by atoms with Crippen LogP contribution in [0, 0.1) is 22.2 Å². The second-order valence-electron chi connectivity index (χ2n) is 6.96. The van der Waals surface area contributed by atoms with Gasteiger partial charge < -0.3 is 10.4 Å². The van der Waals surface area contributed by atoms with Crippen LogP contribution in [0.2, 0.25) is 0 Å². The first-order valence-corrected chi connectivity index (χ1v) is 7.72. The van der Waals surface area contributed by atoms with E-state index in [1.54, 1.807) is 0 Å². The molecule has 1 fully saturated rings. The van der Waals surface area contributed by atoms with Gasteiger partial charge in [-0.3, -0.25) is 0 Å². The zero-order valence-corrected chi connectivity index (χ0v) is 12.7. The smallest absolute Gasteiger partial charge is 0.0621 e. The Labute approximate surface area is 118 Å². The van der Waals surface area contributed by atoms with Crippen molar-refractivity contribution in [3.8, 4) is 6.07 Å². The van der Waals surface area contributed by atoms with E-state index >= 15 is 0 Å². The third kappa shape index (κ3) is 5.93. The van der Waals surface area contributed by atoms with Gasteiger partial charge >= 0.3 is 0 Å². The molecule has 0 aromatic rings. The molecular formula is C16H30N2O. The second kappa shape index (κ2) is 7.87. The molecule has 0 bridgehead atoms. The first-order valence-electron chi connectivity index (χ1n) is 7.72. The Morgan fingerprint density at radius 1 is 1.26 bits per heavy atom. The standard InChI is InChI=1S/C16H30N2O/c1-15(2,7-6-11-17)13-18-14-16(10-12-19)8-4-3-5-9-16/h18-19H,3-10,12-14H2,1-2H3. The number of hydrogen-bond donors (Lipinski definition) is 2. The minimum atomic E-state index is 0.185. The van der Waals surface area contributed by atoms with Crippen LogP contribution in [-0.4, -0.2) is 24.8 Å². The molecular weight excluding hydrogens is 236 g/mol. The number of nitrogens with one attached hydrogen (secondary N) is 1. The number of hydrogen-bond acceptors (Lipinski definition) is 3. The molecule has 0 aromatic heterocycles. The molecule has 0 atom stereocenters. The van der Waals surface area contributed by atoms with Crippen molar-refractivity contribution < 1.29 is 5.11 Å². The molecule has 0 radical (unpaired) electrons. The van der Waals surface area contributed by atoms with Crippen molar-refractivity contribution in [1.29, 1.82) is 5.26 Å². The average molecular weight is 266 g/mol. The minimum absolute atomic E-state index is 0.185. The Balaban J connectivity index is 2.38. The van der Waals surface area contributed by atoms with Crippen LogP contribution in [0.5, 0.6) is 0 Å². The first kappa shape index (κ1) is 16.5. The van der Waals surface area contributed by atoms with Crippen LogP contribution in [0.15, 0.2) is 0 Å². The van der Waals surface area contributed by atoms with E-state index in [0.717, 1.165) is 25.9 Å². The summed E-state index contributed by atoms with van der Waals surface area (Å²) in [4.78, 5) is 0. The lowest BCUT2D eigenvalue weighted by Gasteiger charge is -2.38. The highest BCUT2D eigenvalue weighted by Gasteiger charge is 2.31. The van der Waals surface area contributed by atoms with E-state index in [1.165, 1.54) is 32.1 Å². The van der Waals surface area contributed by atoms with E-state index in [4.69, 9.17) is 5.26 Å². The molecule has 1 rings (SSSR count). The number of nitrogens with zero attached hydrogens (tertiary/aromatic N) is 1. The van der Waals surface area contributed by atoms with E-state index < -0.39 is 0 Å². The third-order valence-corrected chi connectivity index (χ3v) is 4.57. The Bertz CT molecular complexity index is 282. The van der Waals surface area contributed by atoms with Crippen LogP contribution in [-0.2, 0) is 0 Å². The summed E-state index contributed by atoms with van der Waals surface area (Å²) in [6, 6.07) is 2.23. The summed E-state index contributed by atoms with van der Waals surface area (Å²) in [5.41, 5.74) is 0.503. The van der Waals surface area contributed by atoms with E-state index in [9.17, 15) is 5.11 Å². The Hall–Kier alpha value is -0.590. The van der Waals surface area contributed by atoms with Gasteiger partial charge in [-0.2, -0.15) is 5.26 Å². The summed E-state index contributed by atoms with van der Waals surface area (Å²) in [6.07, 6.45) is 8.97. The van der Waals surface area contributed by atoms with E-state index in [1.807, 2.05) is 0 Å². The second-order valence-corrected chi connectivity index (χ2v) is 6.96. The van der Waals surface area contributed by atoms with Gasteiger partial charge in [0.15, 0.2) is 0 Å². The summed E-state index contributed by atoms with van der Waals surface area (Å²) < 4.78 is 0. The maximum atomic E-state index is 9.30. The molecule has 1 aliphatic rings. The maximum Gasteiger partial charge on any atom is 0.0621 e. The maximum absolute atomic E-state index is 9.30.